The second-order valence-electron chi connectivity index (χ2n) is 5.14. The summed E-state index contributed by atoms with van der Waals surface area (Å²) < 4.78 is 5.04. The van der Waals surface area contributed by atoms with Crippen molar-refractivity contribution >= 4 is 5.82 Å². The van der Waals surface area contributed by atoms with Crippen LogP contribution in [-0.4, -0.2) is 36.3 Å². The molecule has 0 saturated heterocycles. The Hall–Kier alpha value is -1.20. The van der Waals surface area contributed by atoms with Gasteiger partial charge in [-0.05, 0) is 32.1 Å². The Kier molecular flexibility index (Phi) is 5.54. The van der Waals surface area contributed by atoms with Gasteiger partial charge in [0.25, 0.3) is 0 Å². The second kappa shape index (κ2) is 7.40. The van der Waals surface area contributed by atoms with Crippen molar-refractivity contribution in [1.82, 2.24) is 9.97 Å². The smallest absolute Gasteiger partial charge is 0.132 e. The third kappa shape index (κ3) is 4.14. The highest BCUT2D eigenvalue weighted by atomic mass is 16.5. The minimum Gasteiger partial charge on any atom is -0.383 e. The van der Waals surface area contributed by atoms with Crippen LogP contribution in [0.2, 0.25) is 0 Å². The quantitative estimate of drug-likeness (QED) is 0.762. The van der Waals surface area contributed by atoms with E-state index in [0.717, 1.165) is 31.6 Å². The van der Waals surface area contributed by atoms with Gasteiger partial charge < -0.3 is 15.8 Å². The van der Waals surface area contributed by atoms with E-state index >= 15 is 0 Å². The summed E-state index contributed by atoms with van der Waals surface area (Å²) >= 11 is 0. The average Bonchev–Trinajstić information content (AvgIpc) is 2.65. The molecule has 2 rings (SSSR count). The van der Waals surface area contributed by atoms with Crippen molar-refractivity contribution in [2.24, 2.45) is 5.73 Å². The van der Waals surface area contributed by atoms with Gasteiger partial charge in [0.15, 0.2) is 0 Å². The molecule has 19 heavy (non-hydrogen) atoms. The fraction of sp³-hybridized carbons (Fsp3) is 0.714. The van der Waals surface area contributed by atoms with Crippen LogP contribution in [0, 0.1) is 0 Å². The number of hydrogen-bond acceptors (Lipinski definition) is 5. The number of rotatable bonds is 6. The maximum Gasteiger partial charge on any atom is 0.132 e. The van der Waals surface area contributed by atoms with Crippen LogP contribution in [0.15, 0.2) is 6.33 Å². The minimum absolute atomic E-state index is 0.0814. The number of fused-ring (bicyclic) bond motifs is 1. The molecule has 5 nitrogen and oxygen atoms in total. The highest BCUT2D eigenvalue weighted by molar-refractivity contribution is 5.46. The second-order valence-corrected chi connectivity index (χ2v) is 5.14. The van der Waals surface area contributed by atoms with Crippen LogP contribution in [0.5, 0.6) is 0 Å². The zero-order valence-corrected chi connectivity index (χ0v) is 11.7. The van der Waals surface area contributed by atoms with E-state index in [2.05, 4.69) is 15.3 Å². The van der Waals surface area contributed by atoms with Crippen LogP contribution < -0.4 is 11.1 Å². The van der Waals surface area contributed by atoms with Crippen LogP contribution in [0.3, 0.4) is 0 Å². The summed E-state index contributed by atoms with van der Waals surface area (Å²) in [5.41, 5.74) is 8.44. The molecule has 1 aromatic heterocycles. The fourth-order valence-corrected chi connectivity index (χ4v) is 2.52. The largest absolute Gasteiger partial charge is 0.383 e. The molecule has 1 atom stereocenters. The van der Waals surface area contributed by atoms with E-state index in [-0.39, 0.29) is 6.04 Å². The Balaban J connectivity index is 1.93. The van der Waals surface area contributed by atoms with Crippen molar-refractivity contribution < 1.29 is 4.74 Å². The van der Waals surface area contributed by atoms with Gasteiger partial charge in [0.2, 0.25) is 0 Å². The van der Waals surface area contributed by atoms with Gasteiger partial charge in [-0.25, -0.2) is 9.97 Å². The molecule has 0 bridgehead atoms. The lowest BCUT2D eigenvalue weighted by molar-refractivity contribution is 0.178. The van der Waals surface area contributed by atoms with Crippen molar-refractivity contribution in [2.45, 2.75) is 44.6 Å². The van der Waals surface area contributed by atoms with Crippen LogP contribution in [0.4, 0.5) is 5.82 Å². The molecular formula is C14H24N4O. The van der Waals surface area contributed by atoms with Gasteiger partial charge in [-0.2, -0.15) is 0 Å². The fourth-order valence-electron chi connectivity index (χ4n) is 2.52. The first kappa shape index (κ1) is 14.2. The van der Waals surface area contributed by atoms with Crippen molar-refractivity contribution in [3.05, 3.63) is 17.6 Å². The van der Waals surface area contributed by atoms with E-state index in [4.69, 9.17) is 10.5 Å². The Morgan fingerprint density at radius 1 is 1.32 bits per heavy atom. The molecule has 3 N–H and O–H groups in total. The first-order chi connectivity index (χ1) is 9.31. The molecule has 0 aromatic carbocycles. The third-order valence-corrected chi connectivity index (χ3v) is 3.56. The van der Waals surface area contributed by atoms with Gasteiger partial charge in [-0.3, -0.25) is 0 Å². The van der Waals surface area contributed by atoms with E-state index in [1.165, 1.54) is 30.5 Å². The number of nitrogens with one attached hydrogen (secondary N) is 1. The molecule has 1 heterocycles. The molecule has 0 aliphatic heterocycles. The monoisotopic (exact) mass is 264 g/mol. The molecule has 106 valence electrons. The standard InChI is InChI=1S/C14H24N4O/c1-19-9-11(15)7-8-16-14-12-5-3-2-4-6-13(12)17-10-18-14/h10-11H,2-9,15H2,1H3,(H,16,17,18). The highest BCUT2D eigenvalue weighted by Gasteiger charge is 2.14. The zero-order valence-electron chi connectivity index (χ0n) is 11.7. The first-order valence-corrected chi connectivity index (χ1v) is 7.12. The Morgan fingerprint density at radius 2 is 2.16 bits per heavy atom. The number of aromatic nitrogens is 2. The summed E-state index contributed by atoms with van der Waals surface area (Å²) in [6.45, 7) is 1.43. The van der Waals surface area contributed by atoms with Gasteiger partial charge in [0.05, 0.1) is 6.61 Å². The highest BCUT2D eigenvalue weighted by Crippen LogP contribution is 2.23. The Labute approximate surface area is 115 Å². The zero-order chi connectivity index (χ0) is 13.5. The molecule has 0 fully saturated rings. The van der Waals surface area contributed by atoms with Gasteiger partial charge >= 0.3 is 0 Å². The molecule has 0 spiro atoms. The molecule has 1 aliphatic rings. The third-order valence-electron chi connectivity index (χ3n) is 3.56. The lowest BCUT2D eigenvalue weighted by Crippen LogP contribution is -2.28. The maximum absolute atomic E-state index is 5.91. The van der Waals surface area contributed by atoms with E-state index in [1.807, 2.05) is 0 Å². The molecule has 0 amide bonds. The SMILES string of the molecule is COCC(N)CCNc1ncnc2c1CCCCC2. The first-order valence-electron chi connectivity index (χ1n) is 7.12. The molecule has 1 aromatic rings. The Bertz CT molecular complexity index is 397. The van der Waals surface area contributed by atoms with Gasteiger partial charge in [0.1, 0.15) is 12.1 Å². The number of aryl methyl sites for hydroxylation is 1. The van der Waals surface area contributed by atoms with E-state index in [1.54, 1.807) is 13.4 Å². The number of nitrogens with zero attached hydrogens (tertiary/aromatic N) is 2. The van der Waals surface area contributed by atoms with Gasteiger partial charge in [-0.15, -0.1) is 0 Å². The molecular weight excluding hydrogens is 240 g/mol. The number of hydrogen-bond donors (Lipinski definition) is 2. The summed E-state index contributed by atoms with van der Waals surface area (Å²) in [5, 5.41) is 3.40. The predicted molar refractivity (Wildman–Crippen MR) is 76.2 cm³/mol. The van der Waals surface area contributed by atoms with Crippen LogP contribution in [0.1, 0.15) is 36.9 Å². The lowest BCUT2D eigenvalue weighted by atomic mass is 10.1. The summed E-state index contributed by atoms with van der Waals surface area (Å²) in [5.74, 6) is 0.997. The molecule has 0 saturated carbocycles. The molecule has 5 heteroatoms. The van der Waals surface area contributed by atoms with E-state index in [9.17, 15) is 0 Å². The van der Waals surface area contributed by atoms with Gasteiger partial charge in [0, 0.05) is 31.0 Å². The summed E-state index contributed by atoms with van der Waals surface area (Å²) in [4.78, 5) is 8.80. The molecule has 0 radical (unpaired) electrons. The van der Waals surface area contributed by atoms with Crippen molar-refractivity contribution in [2.75, 3.05) is 25.6 Å². The normalized spacial score (nSPS) is 16.5. The minimum atomic E-state index is 0.0814. The van der Waals surface area contributed by atoms with Crippen molar-refractivity contribution in [3.63, 3.8) is 0 Å². The van der Waals surface area contributed by atoms with Crippen molar-refractivity contribution in [3.8, 4) is 0 Å². The molecule has 1 aliphatic carbocycles. The summed E-state index contributed by atoms with van der Waals surface area (Å²) in [6.07, 6.45) is 8.47. The number of anilines is 1. The van der Waals surface area contributed by atoms with Crippen LogP contribution >= 0.6 is 0 Å². The lowest BCUT2D eigenvalue weighted by Gasteiger charge is -2.14. The van der Waals surface area contributed by atoms with Gasteiger partial charge in [-0.1, -0.05) is 6.42 Å². The average molecular weight is 264 g/mol. The summed E-state index contributed by atoms with van der Waals surface area (Å²) in [7, 11) is 1.68. The van der Waals surface area contributed by atoms with Crippen LogP contribution in [0.25, 0.3) is 0 Å². The number of methoxy groups -OCH3 is 1. The Morgan fingerprint density at radius 3 is 3.00 bits per heavy atom. The predicted octanol–water partition coefficient (Wildman–Crippen LogP) is 1.52. The molecule has 1 unspecified atom stereocenters. The number of nitrogens with two attached hydrogens (primary N) is 1. The number of ether oxygens (including phenoxy) is 1. The summed E-state index contributed by atoms with van der Waals surface area (Å²) in [6, 6.07) is 0.0814. The van der Waals surface area contributed by atoms with E-state index < -0.39 is 0 Å². The maximum atomic E-state index is 5.91. The van der Waals surface area contributed by atoms with E-state index in [0.29, 0.717) is 6.61 Å². The van der Waals surface area contributed by atoms with Crippen LogP contribution in [-0.2, 0) is 17.6 Å². The van der Waals surface area contributed by atoms with Crippen molar-refractivity contribution in [1.29, 1.82) is 0 Å². The topological polar surface area (TPSA) is 73.1 Å².